The Kier molecular flexibility index (Phi) is 7.25. The van der Waals surface area contributed by atoms with Crippen molar-refractivity contribution in [3.05, 3.63) is 0 Å². The first-order chi connectivity index (χ1) is 9.07. The molecule has 19 heavy (non-hydrogen) atoms. The molecule has 1 aliphatic rings. The third-order valence-corrected chi connectivity index (χ3v) is 3.98. The topological polar surface area (TPSA) is 57.0 Å². The van der Waals surface area contributed by atoms with Gasteiger partial charge in [0.25, 0.3) is 0 Å². The fourth-order valence-electron chi connectivity index (χ4n) is 3.19. The first kappa shape index (κ1) is 16.9. The Labute approximate surface area is 117 Å². The van der Waals surface area contributed by atoms with E-state index < -0.39 is 0 Å². The Morgan fingerprint density at radius 3 is 1.95 bits per heavy atom. The molecule has 2 N–H and O–H groups in total. The van der Waals surface area contributed by atoms with Crippen LogP contribution in [0.25, 0.3) is 0 Å². The van der Waals surface area contributed by atoms with Gasteiger partial charge in [-0.05, 0) is 26.7 Å². The van der Waals surface area contributed by atoms with Gasteiger partial charge in [0.2, 0.25) is 0 Å². The smallest absolute Gasteiger partial charge is 0.0589 e. The van der Waals surface area contributed by atoms with Crippen molar-refractivity contribution in [2.75, 3.05) is 47.1 Å². The van der Waals surface area contributed by atoms with Gasteiger partial charge >= 0.3 is 0 Å². The number of methoxy groups -OCH3 is 2. The van der Waals surface area contributed by atoms with Crippen molar-refractivity contribution in [3.8, 4) is 0 Å². The monoisotopic (exact) mass is 274 g/mol. The van der Waals surface area contributed by atoms with Crippen molar-refractivity contribution in [2.45, 2.75) is 44.4 Å². The van der Waals surface area contributed by atoms with Gasteiger partial charge in [-0.15, -0.1) is 0 Å². The first-order valence-corrected chi connectivity index (χ1v) is 7.16. The SMILES string of the molecule is COCCN(CCOC)C1(CN)CC(C)OC(C)C1. The molecule has 2 unspecified atom stereocenters. The Bertz CT molecular complexity index is 233. The van der Waals surface area contributed by atoms with E-state index in [1.165, 1.54) is 0 Å². The molecule has 0 aromatic carbocycles. The van der Waals surface area contributed by atoms with E-state index in [0.29, 0.717) is 6.54 Å². The second-order valence-electron chi connectivity index (χ2n) is 5.57. The van der Waals surface area contributed by atoms with Gasteiger partial charge in [0, 0.05) is 39.4 Å². The van der Waals surface area contributed by atoms with E-state index in [2.05, 4.69) is 18.7 Å². The summed E-state index contributed by atoms with van der Waals surface area (Å²) in [5.74, 6) is 0. The summed E-state index contributed by atoms with van der Waals surface area (Å²) in [6.07, 6.45) is 2.45. The third kappa shape index (κ3) is 4.68. The molecule has 114 valence electrons. The number of nitrogens with zero attached hydrogens (tertiary/aromatic N) is 1. The van der Waals surface area contributed by atoms with Crippen LogP contribution >= 0.6 is 0 Å². The zero-order chi connectivity index (χ0) is 14.3. The van der Waals surface area contributed by atoms with Crippen molar-refractivity contribution in [2.24, 2.45) is 5.73 Å². The number of nitrogens with two attached hydrogens (primary N) is 1. The molecule has 0 aliphatic carbocycles. The van der Waals surface area contributed by atoms with Crippen molar-refractivity contribution in [1.82, 2.24) is 4.90 Å². The van der Waals surface area contributed by atoms with Crippen LogP contribution in [0.1, 0.15) is 26.7 Å². The lowest BCUT2D eigenvalue weighted by molar-refractivity contribution is -0.109. The van der Waals surface area contributed by atoms with Gasteiger partial charge < -0.3 is 19.9 Å². The minimum atomic E-state index is 0.00808. The molecule has 5 nitrogen and oxygen atoms in total. The molecule has 1 aliphatic heterocycles. The molecule has 0 saturated carbocycles. The summed E-state index contributed by atoms with van der Waals surface area (Å²) < 4.78 is 16.3. The molecule has 2 atom stereocenters. The maximum Gasteiger partial charge on any atom is 0.0589 e. The first-order valence-electron chi connectivity index (χ1n) is 7.16. The summed E-state index contributed by atoms with van der Waals surface area (Å²) in [5.41, 5.74) is 6.14. The molecule has 1 heterocycles. The molecule has 0 aromatic heterocycles. The molecule has 0 amide bonds. The number of hydrogen-bond donors (Lipinski definition) is 1. The van der Waals surface area contributed by atoms with Gasteiger partial charge in [0.1, 0.15) is 0 Å². The fraction of sp³-hybridized carbons (Fsp3) is 1.00. The third-order valence-electron chi connectivity index (χ3n) is 3.98. The van der Waals surface area contributed by atoms with Gasteiger partial charge in [-0.1, -0.05) is 0 Å². The average molecular weight is 274 g/mol. The predicted octanol–water partition coefficient (Wildman–Crippen LogP) is 0.866. The van der Waals surface area contributed by atoms with Crippen LogP contribution in [-0.2, 0) is 14.2 Å². The minimum Gasteiger partial charge on any atom is -0.383 e. The molecular weight excluding hydrogens is 244 g/mol. The van der Waals surface area contributed by atoms with E-state index in [9.17, 15) is 0 Å². The molecule has 0 spiro atoms. The number of hydrogen-bond acceptors (Lipinski definition) is 5. The summed E-state index contributed by atoms with van der Waals surface area (Å²) in [5, 5.41) is 0. The summed E-state index contributed by atoms with van der Waals surface area (Å²) in [6, 6.07) is 0. The van der Waals surface area contributed by atoms with Crippen molar-refractivity contribution in [3.63, 3.8) is 0 Å². The van der Waals surface area contributed by atoms with Crippen LogP contribution in [-0.4, -0.2) is 69.7 Å². The van der Waals surface area contributed by atoms with Crippen molar-refractivity contribution >= 4 is 0 Å². The van der Waals surface area contributed by atoms with E-state index in [1.54, 1.807) is 14.2 Å². The lowest BCUT2D eigenvalue weighted by atomic mass is 9.82. The van der Waals surface area contributed by atoms with Gasteiger partial charge in [-0.25, -0.2) is 0 Å². The Morgan fingerprint density at radius 2 is 1.58 bits per heavy atom. The van der Waals surface area contributed by atoms with Crippen LogP contribution in [0.2, 0.25) is 0 Å². The normalized spacial score (nSPS) is 31.9. The Morgan fingerprint density at radius 1 is 1.11 bits per heavy atom. The van der Waals surface area contributed by atoms with E-state index in [1.807, 2.05) is 0 Å². The quantitative estimate of drug-likeness (QED) is 0.711. The summed E-state index contributed by atoms with van der Waals surface area (Å²) >= 11 is 0. The largest absolute Gasteiger partial charge is 0.383 e. The number of rotatable bonds is 8. The molecular formula is C14H30N2O3. The standard InChI is InChI=1S/C14H30N2O3/c1-12-9-14(11-15,10-13(2)19-12)16(5-7-17-3)6-8-18-4/h12-13H,5-11,15H2,1-4H3. The highest BCUT2D eigenvalue weighted by Crippen LogP contribution is 2.33. The van der Waals surface area contributed by atoms with Crippen LogP contribution in [0.5, 0.6) is 0 Å². The summed E-state index contributed by atoms with van der Waals surface area (Å²) in [7, 11) is 3.47. The van der Waals surface area contributed by atoms with Gasteiger partial charge in [0.15, 0.2) is 0 Å². The zero-order valence-corrected chi connectivity index (χ0v) is 12.9. The maximum absolute atomic E-state index is 6.13. The highest BCUT2D eigenvalue weighted by molar-refractivity contribution is 4.97. The highest BCUT2D eigenvalue weighted by Gasteiger charge is 2.41. The second-order valence-corrected chi connectivity index (χ2v) is 5.57. The van der Waals surface area contributed by atoms with Crippen LogP contribution < -0.4 is 5.73 Å². The molecule has 1 rings (SSSR count). The predicted molar refractivity (Wildman–Crippen MR) is 76.4 cm³/mol. The molecule has 0 bridgehead atoms. The highest BCUT2D eigenvalue weighted by atomic mass is 16.5. The molecule has 1 fully saturated rings. The van der Waals surface area contributed by atoms with Gasteiger partial charge in [-0.3, -0.25) is 4.90 Å². The van der Waals surface area contributed by atoms with Crippen LogP contribution in [0.3, 0.4) is 0 Å². The van der Waals surface area contributed by atoms with E-state index in [0.717, 1.165) is 39.1 Å². The lowest BCUT2D eigenvalue weighted by Gasteiger charge is -2.49. The Hall–Kier alpha value is -0.200. The van der Waals surface area contributed by atoms with Crippen LogP contribution in [0, 0.1) is 0 Å². The average Bonchev–Trinajstić information content (AvgIpc) is 2.37. The van der Waals surface area contributed by atoms with Crippen LogP contribution in [0.4, 0.5) is 0 Å². The van der Waals surface area contributed by atoms with E-state index in [4.69, 9.17) is 19.9 Å². The summed E-state index contributed by atoms with van der Waals surface area (Å²) in [6.45, 7) is 8.12. The zero-order valence-electron chi connectivity index (χ0n) is 12.9. The maximum atomic E-state index is 6.13. The molecule has 1 saturated heterocycles. The minimum absolute atomic E-state index is 0.00808. The van der Waals surface area contributed by atoms with E-state index in [-0.39, 0.29) is 17.7 Å². The second kappa shape index (κ2) is 8.17. The van der Waals surface area contributed by atoms with Crippen molar-refractivity contribution < 1.29 is 14.2 Å². The fourth-order valence-corrected chi connectivity index (χ4v) is 3.19. The number of ether oxygens (including phenoxy) is 3. The van der Waals surface area contributed by atoms with Gasteiger partial charge in [-0.2, -0.15) is 0 Å². The molecule has 0 aromatic rings. The van der Waals surface area contributed by atoms with E-state index >= 15 is 0 Å². The molecule has 5 heteroatoms. The van der Waals surface area contributed by atoms with Crippen LogP contribution in [0.15, 0.2) is 0 Å². The van der Waals surface area contributed by atoms with Crippen molar-refractivity contribution in [1.29, 1.82) is 0 Å². The molecule has 0 radical (unpaired) electrons. The lowest BCUT2D eigenvalue weighted by Crippen LogP contribution is -2.61. The Balaban J connectivity index is 2.78. The van der Waals surface area contributed by atoms with Gasteiger partial charge in [0.05, 0.1) is 25.4 Å². The summed E-state index contributed by atoms with van der Waals surface area (Å²) in [4.78, 5) is 2.43.